The highest BCUT2D eigenvalue weighted by atomic mass is 127. The van der Waals surface area contributed by atoms with E-state index >= 15 is 0 Å². The largest absolute Gasteiger partial charge is 0.352 e. The molecule has 18 heavy (non-hydrogen) atoms. The summed E-state index contributed by atoms with van der Waals surface area (Å²) in [6.45, 7) is 3.34. The van der Waals surface area contributed by atoms with Crippen LogP contribution in [0, 0.1) is 0 Å². The zero-order valence-electron chi connectivity index (χ0n) is 9.71. The summed E-state index contributed by atoms with van der Waals surface area (Å²) in [4.78, 5) is 5.14. The molecule has 0 amide bonds. The van der Waals surface area contributed by atoms with Crippen molar-refractivity contribution >= 4 is 51.3 Å². The number of sulfonamides is 1. The average Bonchev–Trinajstić information content (AvgIpc) is 2.82. The minimum absolute atomic E-state index is 0. The van der Waals surface area contributed by atoms with E-state index in [-0.39, 0.29) is 28.2 Å². The van der Waals surface area contributed by atoms with Gasteiger partial charge in [0.15, 0.2) is 5.96 Å². The molecule has 9 heteroatoms. The van der Waals surface area contributed by atoms with Gasteiger partial charge in [-0.1, -0.05) is 0 Å². The van der Waals surface area contributed by atoms with Crippen molar-refractivity contribution in [2.45, 2.75) is 23.7 Å². The fraction of sp³-hybridized carbons (Fsp3) is 0.444. The zero-order valence-corrected chi connectivity index (χ0v) is 13.7. The fourth-order valence-electron chi connectivity index (χ4n) is 1.44. The minimum atomic E-state index is -3.58. The van der Waals surface area contributed by atoms with Crippen LogP contribution in [0.4, 0.5) is 0 Å². The summed E-state index contributed by atoms with van der Waals surface area (Å²) in [5.41, 5.74) is 0. The molecule has 0 fully saturated rings. The zero-order chi connectivity index (χ0) is 12.5. The number of guanidine groups is 1. The summed E-state index contributed by atoms with van der Waals surface area (Å²) in [6, 6.07) is 3.61. The second-order valence-corrected chi connectivity index (χ2v) is 6.81. The molecule has 0 radical (unpaired) electrons. The average molecular weight is 402 g/mol. The lowest BCUT2D eigenvalue weighted by molar-refractivity contribution is 0.600. The first-order valence-electron chi connectivity index (χ1n) is 5.11. The number of rotatable bonds is 3. The number of hydrogen-bond acceptors (Lipinski definition) is 6. The Morgan fingerprint density at radius 1 is 1.61 bits per heavy atom. The summed E-state index contributed by atoms with van der Waals surface area (Å²) in [6.07, 6.45) is 0. The molecule has 2 rings (SSSR count). The summed E-state index contributed by atoms with van der Waals surface area (Å²) in [5, 5.41) is 11.3. The number of halogens is 1. The molecule has 1 aromatic heterocycles. The number of aliphatic imine (C=N–C) groups is 1. The van der Waals surface area contributed by atoms with Gasteiger partial charge in [-0.05, 0) is 19.1 Å². The molecule has 1 aliphatic heterocycles. The quantitative estimate of drug-likeness (QED) is 0.640. The third-order valence-corrected chi connectivity index (χ3v) is 4.78. The van der Waals surface area contributed by atoms with Crippen molar-refractivity contribution in [3.05, 3.63) is 17.0 Å². The summed E-state index contributed by atoms with van der Waals surface area (Å²) in [7, 11) is -3.58. The third kappa shape index (κ3) is 4.07. The summed E-state index contributed by atoms with van der Waals surface area (Å²) >= 11 is 1.17. The van der Waals surface area contributed by atoms with Crippen LogP contribution in [0.5, 0.6) is 0 Å². The van der Waals surface area contributed by atoms with Gasteiger partial charge in [0.2, 0.25) is 10.0 Å². The van der Waals surface area contributed by atoms with Crippen molar-refractivity contribution in [2.24, 2.45) is 10.1 Å². The molecule has 102 valence electrons. The van der Waals surface area contributed by atoms with Gasteiger partial charge in [-0.15, -0.1) is 35.3 Å². The van der Waals surface area contributed by atoms with E-state index in [9.17, 15) is 8.42 Å². The van der Waals surface area contributed by atoms with Crippen molar-refractivity contribution in [3.63, 3.8) is 0 Å². The smallest absolute Gasteiger partial charge is 0.247 e. The van der Waals surface area contributed by atoms with Gasteiger partial charge >= 0.3 is 0 Å². The maximum absolute atomic E-state index is 11.1. The van der Waals surface area contributed by atoms with E-state index in [4.69, 9.17) is 5.14 Å². The molecular formula is C9H15IN4O2S2. The van der Waals surface area contributed by atoms with Crippen LogP contribution < -0.4 is 15.8 Å². The maximum Gasteiger partial charge on any atom is 0.247 e. The Balaban J connectivity index is 0.00000162. The van der Waals surface area contributed by atoms with Crippen molar-refractivity contribution < 1.29 is 8.42 Å². The van der Waals surface area contributed by atoms with Crippen LogP contribution in [-0.4, -0.2) is 27.0 Å². The Kier molecular flexibility index (Phi) is 5.37. The number of hydrogen-bond donors (Lipinski definition) is 3. The summed E-state index contributed by atoms with van der Waals surface area (Å²) in [5.74, 6) is 0.753. The van der Waals surface area contributed by atoms with Crippen LogP contribution in [0.25, 0.3) is 0 Å². The van der Waals surface area contributed by atoms with Gasteiger partial charge < -0.3 is 10.6 Å². The topological polar surface area (TPSA) is 96.6 Å². The standard InChI is InChI=1S/C9H14N4O2S2.HI/c1-6-4-11-9(13-6)12-5-7-2-3-8(16-7)17(10,14)15;/h2-3,6H,4-5H2,1H3,(H2,10,14,15)(H2,11,12,13);1H. The Labute approximate surface area is 127 Å². The molecule has 4 N–H and O–H groups in total. The molecule has 0 bridgehead atoms. The Morgan fingerprint density at radius 2 is 2.33 bits per heavy atom. The summed E-state index contributed by atoms with van der Waals surface area (Å²) < 4.78 is 22.3. The Hall–Kier alpha value is -0.390. The second kappa shape index (κ2) is 6.17. The van der Waals surface area contributed by atoms with Gasteiger partial charge in [-0.2, -0.15) is 0 Å². The Morgan fingerprint density at radius 3 is 2.83 bits per heavy atom. The second-order valence-electron chi connectivity index (χ2n) is 3.85. The van der Waals surface area contributed by atoms with E-state index in [1.165, 1.54) is 17.4 Å². The van der Waals surface area contributed by atoms with Crippen LogP contribution in [-0.2, 0) is 16.6 Å². The van der Waals surface area contributed by atoms with Gasteiger partial charge in [-0.3, -0.25) is 4.99 Å². The highest BCUT2D eigenvalue weighted by Crippen LogP contribution is 2.19. The molecule has 6 nitrogen and oxygen atoms in total. The minimum Gasteiger partial charge on any atom is -0.352 e. The van der Waals surface area contributed by atoms with Gasteiger partial charge in [0, 0.05) is 10.9 Å². The molecule has 0 aliphatic carbocycles. The van der Waals surface area contributed by atoms with Crippen LogP contribution in [0.15, 0.2) is 21.3 Å². The van der Waals surface area contributed by atoms with Crippen molar-refractivity contribution in [1.82, 2.24) is 10.6 Å². The molecule has 0 saturated heterocycles. The highest BCUT2D eigenvalue weighted by Gasteiger charge is 2.13. The predicted octanol–water partition coefficient (Wildman–Crippen LogP) is 0.451. The molecule has 1 unspecified atom stereocenters. The lowest BCUT2D eigenvalue weighted by atomic mass is 10.4. The molecule has 2 heterocycles. The monoisotopic (exact) mass is 402 g/mol. The normalized spacial score (nSPS) is 18.8. The van der Waals surface area contributed by atoms with E-state index in [0.717, 1.165) is 17.4 Å². The van der Waals surface area contributed by atoms with Crippen LogP contribution in [0.2, 0.25) is 0 Å². The van der Waals surface area contributed by atoms with Gasteiger partial charge in [0.1, 0.15) is 4.21 Å². The predicted molar refractivity (Wildman–Crippen MR) is 82.8 cm³/mol. The number of thiophene rings is 1. The first-order chi connectivity index (χ1) is 7.95. The fourth-order valence-corrected chi connectivity index (χ4v) is 3.16. The first kappa shape index (κ1) is 15.7. The van der Waals surface area contributed by atoms with E-state index in [1.807, 2.05) is 6.92 Å². The molecule has 0 saturated carbocycles. The maximum atomic E-state index is 11.1. The first-order valence-corrected chi connectivity index (χ1v) is 7.48. The molecule has 0 aromatic carbocycles. The number of nitrogens with one attached hydrogen (secondary N) is 2. The van der Waals surface area contributed by atoms with Crippen LogP contribution in [0.3, 0.4) is 0 Å². The van der Waals surface area contributed by atoms with Gasteiger partial charge in [0.25, 0.3) is 0 Å². The third-order valence-electron chi connectivity index (χ3n) is 2.25. The van der Waals surface area contributed by atoms with Crippen molar-refractivity contribution in [1.29, 1.82) is 0 Å². The Bertz CT molecular complexity index is 541. The van der Waals surface area contributed by atoms with E-state index in [1.54, 1.807) is 6.07 Å². The lowest BCUT2D eigenvalue weighted by Crippen LogP contribution is -2.36. The van der Waals surface area contributed by atoms with Crippen LogP contribution in [0.1, 0.15) is 11.8 Å². The van der Waals surface area contributed by atoms with E-state index < -0.39 is 10.0 Å². The molecular weight excluding hydrogens is 387 g/mol. The van der Waals surface area contributed by atoms with E-state index in [2.05, 4.69) is 15.6 Å². The van der Waals surface area contributed by atoms with Crippen LogP contribution >= 0.6 is 35.3 Å². The van der Waals surface area contributed by atoms with Crippen molar-refractivity contribution in [2.75, 3.05) is 6.54 Å². The van der Waals surface area contributed by atoms with E-state index in [0.29, 0.717) is 12.6 Å². The lowest BCUT2D eigenvalue weighted by Gasteiger charge is -2.07. The molecule has 1 atom stereocenters. The molecule has 1 aliphatic rings. The van der Waals surface area contributed by atoms with Gasteiger partial charge in [-0.25, -0.2) is 13.6 Å². The SMILES string of the molecule is CC1CN=C(NCc2ccc(S(N)(=O)=O)s2)N1.I. The number of nitrogens with zero attached hydrogens (tertiary/aromatic N) is 1. The van der Waals surface area contributed by atoms with Crippen molar-refractivity contribution in [3.8, 4) is 0 Å². The van der Waals surface area contributed by atoms with Gasteiger partial charge in [0.05, 0.1) is 13.1 Å². The number of primary sulfonamides is 1. The molecule has 0 spiro atoms. The number of nitrogens with two attached hydrogens (primary N) is 1. The highest BCUT2D eigenvalue weighted by molar-refractivity contribution is 14.0. The molecule has 1 aromatic rings.